The molecular weight excluding hydrogens is 268 g/mol. The SMILES string of the molecule is CC(=O)Nc1nnc(S(=O)(=O)N2CCCO2)s1. The Bertz CT molecular complexity index is 520. The summed E-state index contributed by atoms with van der Waals surface area (Å²) >= 11 is 0.791. The average molecular weight is 278 g/mol. The van der Waals surface area contributed by atoms with Gasteiger partial charge in [0.2, 0.25) is 11.0 Å². The molecule has 0 radical (unpaired) electrons. The van der Waals surface area contributed by atoms with E-state index < -0.39 is 10.0 Å². The van der Waals surface area contributed by atoms with E-state index in [1.54, 1.807) is 0 Å². The van der Waals surface area contributed by atoms with Gasteiger partial charge in [-0.1, -0.05) is 15.8 Å². The van der Waals surface area contributed by atoms with E-state index in [2.05, 4.69) is 15.5 Å². The number of sulfonamides is 1. The molecule has 10 heteroatoms. The van der Waals surface area contributed by atoms with Gasteiger partial charge in [0.1, 0.15) is 0 Å². The minimum absolute atomic E-state index is 0.148. The number of hydroxylamine groups is 1. The van der Waals surface area contributed by atoms with Crippen LogP contribution in [0.5, 0.6) is 0 Å². The third-order valence-electron chi connectivity index (χ3n) is 1.90. The molecule has 0 spiro atoms. The number of nitrogens with zero attached hydrogens (tertiary/aromatic N) is 3. The molecule has 0 aromatic carbocycles. The van der Waals surface area contributed by atoms with Gasteiger partial charge in [0, 0.05) is 13.5 Å². The maximum atomic E-state index is 11.9. The Morgan fingerprint density at radius 3 is 2.88 bits per heavy atom. The molecule has 17 heavy (non-hydrogen) atoms. The fraction of sp³-hybridized carbons (Fsp3) is 0.571. The molecule has 1 N–H and O–H groups in total. The zero-order chi connectivity index (χ0) is 12.5. The van der Waals surface area contributed by atoms with Crippen LogP contribution in [0.4, 0.5) is 5.13 Å². The molecule has 1 aromatic heterocycles. The van der Waals surface area contributed by atoms with Crippen LogP contribution in [0, 0.1) is 0 Å². The summed E-state index contributed by atoms with van der Waals surface area (Å²) < 4.78 is 24.6. The molecule has 1 saturated heterocycles. The molecule has 2 heterocycles. The molecule has 1 aliphatic heterocycles. The number of anilines is 1. The number of rotatable bonds is 3. The summed E-state index contributed by atoms with van der Waals surface area (Å²) in [6.07, 6.45) is 0.649. The maximum absolute atomic E-state index is 11.9. The molecule has 8 nitrogen and oxygen atoms in total. The summed E-state index contributed by atoms with van der Waals surface area (Å²) in [5.41, 5.74) is 0. The average Bonchev–Trinajstić information content (AvgIpc) is 2.85. The Morgan fingerprint density at radius 2 is 2.29 bits per heavy atom. The van der Waals surface area contributed by atoms with Crippen molar-refractivity contribution in [1.82, 2.24) is 14.7 Å². The van der Waals surface area contributed by atoms with Crippen molar-refractivity contribution in [2.75, 3.05) is 18.5 Å². The van der Waals surface area contributed by atoms with Crippen molar-refractivity contribution in [1.29, 1.82) is 0 Å². The zero-order valence-electron chi connectivity index (χ0n) is 8.91. The lowest BCUT2D eigenvalue weighted by Gasteiger charge is -2.10. The summed E-state index contributed by atoms with van der Waals surface area (Å²) in [5.74, 6) is -0.331. The number of carbonyl (C=O) groups is 1. The zero-order valence-corrected chi connectivity index (χ0v) is 10.5. The third kappa shape index (κ3) is 2.60. The van der Waals surface area contributed by atoms with Gasteiger partial charge in [0.15, 0.2) is 0 Å². The topological polar surface area (TPSA) is 101 Å². The van der Waals surface area contributed by atoms with Gasteiger partial charge in [0.25, 0.3) is 14.4 Å². The summed E-state index contributed by atoms with van der Waals surface area (Å²) in [4.78, 5) is 15.7. The number of hydrogen-bond acceptors (Lipinski definition) is 7. The molecule has 1 aromatic rings. The highest BCUT2D eigenvalue weighted by molar-refractivity contribution is 7.91. The first-order valence-electron chi connectivity index (χ1n) is 4.77. The Kier molecular flexibility index (Phi) is 3.38. The van der Waals surface area contributed by atoms with Crippen LogP contribution in [0.2, 0.25) is 0 Å². The van der Waals surface area contributed by atoms with Crippen molar-refractivity contribution < 1.29 is 18.0 Å². The van der Waals surface area contributed by atoms with Crippen LogP contribution in [-0.2, 0) is 19.7 Å². The lowest BCUT2D eigenvalue weighted by Crippen LogP contribution is -2.26. The van der Waals surface area contributed by atoms with Crippen LogP contribution in [0.3, 0.4) is 0 Å². The summed E-state index contributed by atoms with van der Waals surface area (Å²) in [6, 6.07) is 0. The molecule has 0 atom stereocenters. The van der Waals surface area contributed by atoms with Crippen LogP contribution < -0.4 is 5.32 Å². The Labute approximate surface area is 102 Å². The van der Waals surface area contributed by atoms with Crippen molar-refractivity contribution in [3.63, 3.8) is 0 Å². The summed E-state index contributed by atoms with van der Waals surface area (Å²) in [6.45, 7) is 1.98. The van der Waals surface area contributed by atoms with Crippen molar-refractivity contribution in [2.45, 2.75) is 17.7 Å². The number of amides is 1. The van der Waals surface area contributed by atoms with Gasteiger partial charge in [-0.2, -0.15) is 0 Å². The molecule has 1 aliphatic rings. The van der Waals surface area contributed by atoms with Crippen molar-refractivity contribution in [2.24, 2.45) is 0 Å². The summed E-state index contributed by atoms with van der Waals surface area (Å²) in [5, 5.41) is 9.62. The predicted octanol–water partition coefficient (Wildman–Crippen LogP) is -0.177. The van der Waals surface area contributed by atoms with E-state index in [4.69, 9.17) is 4.84 Å². The van der Waals surface area contributed by atoms with Gasteiger partial charge in [-0.05, 0) is 6.42 Å². The molecule has 0 aliphatic carbocycles. The van der Waals surface area contributed by atoms with E-state index in [-0.39, 0.29) is 15.4 Å². The van der Waals surface area contributed by atoms with E-state index in [1.165, 1.54) is 6.92 Å². The van der Waals surface area contributed by atoms with E-state index in [0.29, 0.717) is 19.6 Å². The van der Waals surface area contributed by atoms with Gasteiger partial charge in [0.05, 0.1) is 6.61 Å². The van der Waals surface area contributed by atoms with Crippen molar-refractivity contribution >= 4 is 32.4 Å². The van der Waals surface area contributed by atoms with Gasteiger partial charge in [-0.3, -0.25) is 9.63 Å². The van der Waals surface area contributed by atoms with Crippen LogP contribution in [0.25, 0.3) is 0 Å². The Hall–Kier alpha value is -1.10. The highest BCUT2D eigenvalue weighted by Gasteiger charge is 2.32. The quantitative estimate of drug-likeness (QED) is 0.770. The lowest BCUT2D eigenvalue weighted by molar-refractivity contribution is -0.114. The van der Waals surface area contributed by atoms with Crippen molar-refractivity contribution in [3.8, 4) is 0 Å². The van der Waals surface area contributed by atoms with Crippen LogP contribution in [-0.4, -0.2) is 42.1 Å². The first-order chi connectivity index (χ1) is 8.00. The number of aromatic nitrogens is 2. The molecule has 1 fully saturated rings. The minimum atomic E-state index is -3.75. The fourth-order valence-corrected chi connectivity index (χ4v) is 3.55. The Balaban J connectivity index is 2.21. The van der Waals surface area contributed by atoms with Gasteiger partial charge in [-0.15, -0.1) is 10.2 Å². The van der Waals surface area contributed by atoms with Crippen molar-refractivity contribution in [3.05, 3.63) is 0 Å². The minimum Gasteiger partial charge on any atom is -0.301 e. The van der Waals surface area contributed by atoms with Crippen LogP contribution in [0.1, 0.15) is 13.3 Å². The standard InChI is InChI=1S/C7H10N4O4S2/c1-5(12)8-6-9-10-7(16-6)17(13,14)11-3-2-4-15-11/h2-4H2,1H3,(H,8,9,12). The number of hydrogen-bond donors (Lipinski definition) is 1. The third-order valence-corrected chi connectivity index (χ3v) is 4.76. The van der Waals surface area contributed by atoms with Crippen LogP contribution in [0.15, 0.2) is 4.34 Å². The van der Waals surface area contributed by atoms with Gasteiger partial charge in [-0.25, -0.2) is 8.42 Å². The molecule has 2 rings (SSSR count). The summed E-state index contributed by atoms with van der Waals surface area (Å²) in [7, 11) is -3.75. The molecular formula is C7H10N4O4S2. The molecule has 0 unspecified atom stereocenters. The Morgan fingerprint density at radius 1 is 1.53 bits per heavy atom. The lowest BCUT2D eigenvalue weighted by atomic mass is 10.5. The highest BCUT2D eigenvalue weighted by atomic mass is 32.2. The molecule has 0 saturated carbocycles. The second-order valence-corrected chi connectivity index (χ2v) is 6.25. The molecule has 1 amide bonds. The molecule has 0 bridgehead atoms. The fourth-order valence-electron chi connectivity index (χ4n) is 1.22. The van der Waals surface area contributed by atoms with Gasteiger partial charge >= 0.3 is 0 Å². The van der Waals surface area contributed by atoms with Gasteiger partial charge < -0.3 is 5.32 Å². The first kappa shape index (κ1) is 12.4. The van der Waals surface area contributed by atoms with Crippen LogP contribution >= 0.6 is 11.3 Å². The maximum Gasteiger partial charge on any atom is 0.294 e. The van der Waals surface area contributed by atoms with E-state index in [9.17, 15) is 13.2 Å². The largest absolute Gasteiger partial charge is 0.301 e. The van der Waals surface area contributed by atoms with E-state index in [0.717, 1.165) is 15.8 Å². The second-order valence-electron chi connectivity index (χ2n) is 3.27. The smallest absolute Gasteiger partial charge is 0.294 e. The number of nitrogens with one attached hydrogen (secondary N) is 1. The van der Waals surface area contributed by atoms with E-state index >= 15 is 0 Å². The number of carbonyl (C=O) groups excluding carboxylic acids is 1. The molecule has 94 valence electrons. The predicted molar refractivity (Wildman–Crippen MR) is 58.7 cm³/mol. The highest BCUT2D eigenvalue weighted by Crippen LogP contribution is 2.25. The normalized spacial score (nSPS) is 17.2. The second kappa shape index (κ2) is 4.64. The monoisotopic (exact) mass is 278 g/mol. The van der Waals surface area contributed by atoms with E-state index in [1.807, 2.05) is 0 Å². The first-order valence-corrected chi connectivity index (χ1v) is 7.02.